The van der Waals surface area contributed by atoms with Crippen molar-refractivity contribution in [3.63, 3.8) is 0 Å². The van der Waals surface area contributed by atoms with Gasteiger partial charge >= 0.3 is 0 Å². The van der Waals surface area contributed by atoms with Gasteiger partial charge in [-0.25, -0.2) is 27.2 Å². The van der Waals surface area contributed by atoms with E-state index in [2.05, 4.69) is 19.9 Å². The van der Waals surface area contributed by atoms with Crippen LogP contribution in [0.1, 0.15) is 23.9 Å². The number of hydrogen-bond donors (Lipinski definition) is 0. The Bertz CT molecular complexity index is 1810. The molecule has 0 N–H and O–H groups in total. The fraction of sp³-hybridized carbons (Fsp3) is 0.296. The van der Waals surface area contributed by atoms with Crippen LogP contribution in [-0.2, 0) is 16.4 Å². The SMILES string of the molecule is CCS(=O)(=O)C1CN(c2nccc(-c3cc(-n4c(C)cc(OCc5ncc(F)cc5F)c(Cl)c4=O)c(C)cn3)n2)C1. The van der Waals surface area contributed by atoms with Gasteiger partial charge in [0.15, 0.2) is 15.7 Å². The number of nitrogens with zero attached hydrogens (tertiary/aromatic N) is 6. The second kappa shape index (κ2) is 11.1. The fourth-order valence-corrected chi connectivity index (χ4v) is 5.86. The largest absolute Gasteiger partial charge is 0.485 e. The number of pyridine rings is 3. The van der Waals surface area contributed by atoms with Crippen LogP contribution < -0.4 is 15.2 Å². The van der Waals surface area contributed by atoms with E-state index in [1.54, 1.807) is 50.2 Å². The second-order valence-corrected chi connectivity index (χ2v) is 12.5. The molecule has 0 amide bonds. The van der Waals surface area contributed by atoms with Crippen molar-refractivity contribution < 1.29 is 21.9 Å². The molecule has 0 atom stereocenters. The topological polar surface area (TPSA) is 120 Å². The van der Waals surface area contributed by atoms with Crippen molar-refractivity contribution >= 4 is 27.4 Å². The van der Waals surface area contributed by atoms with Crippen LogP contribution in [0.4, 0.5) is 14.7 Å². The van der Waals surface area contributed by atoms with Gasteiger partial charge in [0, 0.05) is 49.1 Å². The molecule has 1 fully saturated rings. The van der Waals surface area contributed by atoms with Crippen molar-refractivity contribution in [2.75, 3.05) is 23.7 Å². The molecule has 10 nitrogen and oxygen atoms in total. The van der Waals surface area contributed by atoms with Crippen LogP contribution in [0, 0.1) is 25.5 Å². The lowest BCUT2D eigenvalue weighted by atomic mass is 10.1. The van der Waals surface area contributed by atoms with Crippen molar-refractivity contribution in [2.45, 2.75) is 32.6 Å². The summed E-state index contributed by atoms with van der Waals surface area (Å²) in [4.78, 5) is 32.2. The van der Waals surface area contributed by atoms with E-state index in [-0.39, 0.29) is 28.8 Å². The van der Waals surface area contributed by atoms with Gasteiger partial charge in [-0.3, -0.25) is 19.3 Å². The molecule has 4 aromatic heterocycles. The smallest absolute Gasteiger partial charge is 0.277 e. The van der Waals surface area contributed by atoms with Crippen LogP contribution in [0.3, 0.4) is 0 Å². The first-order valence-corrected chi connectivity index (χ1v) is 14.7. The number of hydrogen-bond acceptors (Lipinski definition) is 9. The molecule has 0 spiro atoms. The minimum atomic E-state index is -3.14. The highest BCUT2D eigenvalue weighted by Gasteiger charge is 2.37. The van der Waals surface area contributed by atoms with Crippen LogP contribution in [-0.4, -0.2) is 57.0 Å². The minimum Gasteiger partial charge on any atom is -0.485 e. The van der Waals surface area contributed by atoms with E-state index in [4.69, 9.17) is 16.3 Å². The first kappa shape index (κ1) is 28.6. The predicted molar refractivity (Wildman–Crippen MR) is 149 cm³/mol. The summed E-state index contributed by atoms with van der Waals surface area (Å²) in [7, 11) is -3.14. The predicted octanol–water partition coefficient (Wildman–Crippen LogP) is 3.84. The molecule has 0 bridgehead atoms. The van der Waals surface area contributed by atoms with Crippen LogP contribution in [0.25, 0.3) is 17.1 Å². The third kappa shape index (κ3) is 5.64. The quantitative estimate of drug-likeness (QED) is 0.296. The lowest BCUT2D eigenvalue weighted by Gasteiger charge is -2.38. The summed E-state index contributed by atoms with van der Waals surface area (Å²) >= 11 is 6.38. The molecular weight excluding hydrogens is 578 g/mol. The number of sulfone groups is 1. The molecular formula is C27H25ClF2N6O4S. The second-order valence-electron chi connectivity index (χ2n) is 9.55. The van der Waals surface area contributed by atoms with Gasteiger partial charge in [-0.15, -0.1) is 0 Å². The van der Waals surface area contributed by atoms with Crippen LogP contribution in [0.2, 0.25) is 5.02 Å². The van der Waals surface area contributed by atoms with Crippen molar-refractivity contribution in [2.24, 2.45) is 0 Å². The lowest BCUT2D eigenvalue weighted by molar-refractivity contribution is 0.292. The number of anilines is 1. The third-order valence-electron chi connectivity index (χ3n) is 6.81. The molecule has 5 rings (SSSR count). The van der Waals surface area contributed by atoms with Crippen LogP contribution in [0.15, 0.2) is 47.7 Å². The summed E-state index contributed by atoms with van der Waals surface area (Å²) in [6.07, 6.45) is 4.04. The van der Waals surface area contributed by atoms with Gasteiger partial charge in [-0.2, -0.15) is 0 Å². The van der Waals surface area contributed by atoms with Crippen molar-refractivity contribution in [1.82, 2.24) is 24.5 Å². The zero-order valence-electron chi connectivity index (χ0n) is 22.3. The highest BCUT2D eigenvalue weighted by atomic mass is 35.5. The van der Waals surface area contributed by atoms with Gasteiger partial charge in [-0.1, -0.05) is 18.5 Å². The average molecular weight is 603 g/mol. The Morgan fingerprint density at radius 2 is 1.83 bits per heavy atom. The van der Waals surface area contributed by atoms with Crippen LogP contribution in [0.5, 0.6) is 5.75 Å². The Balaban J connectivity index is 1.42. The van der Waals surface area contributed by atoms with E-state index < -0.39 is 32.3 Å². The number of aromatic nitrogens is 5. The fourth-order valence-electron chi connectivity index (χ4n) is 4.38. The Morgan fingerprint density at radius 1 is 1.07 bits per heavy atom. The number of aryl methyl sites for hydroxylation is 2. The molecule has 0 radical (unpaired) electrons. The Morgan fingerprint density at radius 3 is 2.54 bits per heavy atom. The summed E-state index contributed by atoms with van der Waals surface area (Å²) in [5.41, 5.74) is 1.93. The zero-order valence-corrected chi connectivity index (χ0v) is 23.9. The van der Waals surface area contributed by atoms with Gasteiger partial charge in [-0.05, 0) is 31.5 Å². The Labute approximate surface area is 239 Å². The highest BCUT2D eigenvalue weighted by Crippen LogP contribution is 2.28. The first-order chi connectivity index (χ1) is 19.5. The number of rotatable bonds is 8. The maximum absolute atomic E-state index is 14.0. The summed E-state index contributed by atoms with van der Waals surface area (Å²) in [5, 5.41) is -0.670. The van der Waals surface area contributed by atoms with Crippen molar-refractivity contribution in [1.29, 1.82) is 0 Å². The molecule has 1 saturated heterocycles. The zero-order chi connectivity index (χ0) is 29.5. The molecule has 0 aromatic carbocycles. The maximum atomic E-state index is 14.0. The minimum absolute atomic E-state index is 0.0289. The van der Waals surface area contributed by atoms with Gasteiger partial charge in [0.2, 0.25) is 5.95 Å². The standard InChI is InChI=1S/C27H25ClF2N6O4S/c1-4-41(38,39)18-12-35(13-18)27-31-6-5-20(34-27)21-9-23(15(2)10-32-21)36-16(3)7-24(25(28)26(36)37)40-14-22-19(30)8-17(29)11-33-22/h5-11,18H,4,12-14H2,1-3H3. The molecule has 5 heterocycles. The molecule has 1 aliphatic heterocycles. The van der Waals surface area contributed by atoms with E-state index in [9.17, 15) is 22.0 Å². The molecule has 0 saturated carbocycles. The monoisotopic (exact) mass is 602 g/mol. The van der Waals surface area contributed by atoms with Crippen molar-refractivity contribution in [3.8, 4) is 22.8 Å². The van der Waals surface area contributed by atoms with Gasteiger partial charge < -0.3 is 9.64 Å². The van der Waals surface area contributed by atoms with E-state index >= 15 is 0 Å². The lowest BCUT2D eigenvalue weighted by Crippen LogP contribution is -2.55. The number of halogens is 3. The molecule has 0 unspecified atom stereocenters. The van der Waals surface area contributed by atoms with Gasteiger partial charge in [0.25, 0.3) is 5.56 Å². The van der Waals surface area contributed by atoms with Gasteiger partial charge in [0.05, 0.1) is 28.5 Å². The van der Waals surface area contributed by atoms with E-state index in [1.165, 1.54) is 10.6 Å². The van der Waals surface area contributed by atoms with Crippen LogP contribution >= 0.6 is 11.6 Å². The summed E-state index contributed by atoms with van der Waals surface area (Å²) < 4.78 is 58.3. The number of ether oxygens (including phenoxy) is 1. The summed E-state index contributed by atoms with van der Waals surface area (Å²) in [6, 6.07) is 5.61. The molecule has 1 aliphatic rings. The highest BCUT2D eigenvalue weighted by molar-refractivity contribution is 7.92. The third-order valence-corrected chi connectivity index (χ3v) is 9.28. The molecule has 4 aromatic rings. The first-order valence-electron chi connectivity index (χ1n) is 12.6. The normalized spacial score (nSPS) is 13.8. The Hall–Kier alpha value is -3.97. The summed E-state index contributed by atoms with van der Waals surface area (Å²) in [5.74, 6) is -1.19. The average Bonchev–Trinajstić information content (AvgIpc) is 2.91. The Kier molecular flexibility index (Phi) is 7.75. The molecule has 41 heavy (non-hydrogen) atoms. The molecule has 214 valence electrons. The molecule has 0 aliphatic carbocycles. The summed E-state index contributed by atoms with van der Waals surface area (Å²) in [6.45, 7) is 5.39. The van der Waals surface area contributed by atoms with Gasteiger partial charge in [0.1, 0.15) is 28.9 Å². The molecule has 14 heteroatoms. The van der Waals surface area contributed by atoms with E-state index in [0.717, 1.165) is 6.20 Å². The van der Waals surface area contributed by atoms with E-state index in [1.807, 2.05) is 0 Å². The maximum Gasteiger partial charge on any atom is 0.277 e. The van der Waals surface area contributed by atoms with Crippen molar-refractivity contribution in [3.05, 3.63) is 86.8 Å². The van der Waals surface area contributed by atoms with E-state index in [0.29, 0.717) is 53.4 Å².